The minimum atomic E-state index is -0.712. The van der Waals surface area contributed by atoms with E-state index in [2.05, 4.69) is 33.9 Å². The van der Waals surface area contributed by atoms with Crippen LogP contribution in [0.4, 0.5) is 0 Å². The number of aryl methyl sites for hydroxylation is 1. The predicted octanol–water partition coefficient (Wildman–Crippen LogP) is 3.42. The third kappa shape index (κ3) is 3.58. The number of carbonyl (C=O) groups is 1. The maximum Gasteiger partial charge on any atom is 0.307 e. The minimum absolute atomic E-state index is 0.330. The summed E-state index contributed by atoms with van der Waals surface area (Å²) in [6, 6.07) is 0. The first-order chi connectivity index (χ1) is 11.0. The van der Waals surface area contributed by atoms with Crippen molar-refractivity contribution in [1.29, 1.82) is 0 Å². The van der Waals surface area contributed by atoms with Crippen LogP contribution >= 0.6 is 11.3 Å². The lowest BCUT2D eigenvalue weighted by molar-refractivity contribution is -0.142. The molecule has 1 fully saturated rings. The highest BCUT2D eigenvalue weighted by molar-refractivity contribution is 7.15. The van der Waals surface area contributed by atoms with Crippen molar-refractivity contribution in [3.63, 3.8) is 0 Å². The van der Waals surface area contributed by atoms with Crippen molar-refractivity contribution >= 4 is 22.3 Å². The summed E-state index contributed by atoms with van der Waals surface area (Å²) in [6.45, 7) is 7.34. The van der Waals surface area contributed by atoms with Crippen LogP contribution in [0.15, 0.2) is 5.38 Å². The number of carboxylic acid groups (broad SMARTS) is 1. The number of carboxylic acids is 1. The van der Waals surface area contributed by atoms with E-state index in [1.807, 2.05) is 6.92 Å². The van der Waals surface area contributed by atoms with Crippen molar-refractivity contribution in [2.24, 2.45) is 11.8 Å². The summed E-state index contributed by atoms with van der Waals surface area (Å²) in [5.41, 5.74) is 3.60. The lowest BCUT2D eigenvalue weighted by Crippen LogP contribution is -2.29. The standard InChI is InChI=1S/C17H25N3O2S/c1-10(2)6-13(16(21)22)7-18-8-14-11(3)19-17-20(14)15(9-23-17)12-4-5-12/h9-10,12-13,18H,4-8H2,1-3H3,(H,21,22). The van der Waals surface area contributed by atoms with Gasteiger partial charge >= 0.3 is 5.97 Å². The summed E-state index contributed by atoms with van der Waals surface area (Å²) >= 11 is 1.70. The third-order valence-electron chi connectivity index (χ3n) is 4.47. The molecule has 23 heavy (non-hydrogen) atoms. The molecular weight excluding hydrogens is 310 g/mol. The van der Waals surface area contributed by atoms with E-state index in [-0.39, 0.29) is 5.92 Å². The molecule has 2 aromatic rings. The molecule has 1 aliphatic rings. The molecule has 1 saturated carbocycles. The van der Waals surface area contributed by atoms with E-state index in [1.165, 1.54) is 24.2 Å². The number of imidazole rings is 1. The van der Waals surface area contributed by atoms with E-state index >= 15 is 0 Å². The molecule has 0 saturated heterocycles. The van der Waals surface area contributed by atoms with Crippen LogP contribution in [0.25, 0.3) is 4.96 Å². The molecule has 0 aliphatic heterocycles. The first-order valence-corrected chi connectivity index (χ1v) is 9.24. The highest BCUT2D eigenvalue weighted by Gasteiger charge is 2.28. The van der Waals surface area contributed by atoms with Gasteiger partial charge in [0.05, 0.1) is 17.3 Å². The monoisotopic (exact) mass is 335 g/mol. The van der Waals surface area contributed by atoms with Crippen LogP contribution in [0.3, 0.4) is 0 Å². The van der Waals surface area contributed by atoms with Gasteiger partial charge in [-0.15, -0.1) is 11.3 Å². The molecule has 0 aromatic carbocycles. The Bertz CT molecular complexity index is 700. The molecule has 2 aromatic heterocycles. The zero-order valence-corrected chi connectivity index (χ0v) is 14.8. The molecule has 2 heterocycles. The summed E-state index contributed by atoms with van der Waals surface area (Å²) in [6.07, 6.45) is 3.24. The lowest BCUT2D eigenvalue weighted by atomic mass is 9.97. The van der Waals surface area contributed by atoms with Crippen LogP contribution in [0.2, 0.25) is 0 Å². The van der Waals surface area contributed by atoms with Crippen LogP contribution in [-0.4, -0.2) is 27.0 Å². The molecule has 1 aliphatic carbocycles. The summed E-state index contributed by atoms with van der Waals surface area (Å²) in [5.74, 6) is 0.0307. The topological polar surface area (TPSA) is 66.6 Å². The first kappa shape index (κ1) is 16.5. The second-order valence-electron chi connectivity index (χ2n) is 6.99. The Kier molecular flexibility index (Phi) is 4.73. The normalized spacial score (nSPS) is 16.3. The van der Waals surface area contributed by atoms with Crippen LogP contribution in [0, 0.1) is 18.8 Å². The number of hydrogen-bond acceptors (Lipinski definition) is 4. The Labute approximate surface area is 140 Å². The van der Waals surface area contributed by atoms with Gasteiger partial charge in [-0.2, -0.15) is 0 Å². The fraction of sp³-hybridized carbons (Fsp3) is 0.647. The van der Waals surface area contributed by atoms with Gasteiger partial charge in [-0.3, -0.25) is 9.20 Å². The summed E-state index contributed by atoms with van der Waals surface area (Å²) in [7, 11) is 0. The van der Waals surface area contributed by atoms with Gasteiger partial charge in [-0.25, -0.2) is 4.98 Å². The highest BCUT2D eigenvalue weighted by atomic mass is 32.1. The number of fused-ring (bicyclic) bond motifs is 1. The maximum absolute atomic E-state index is 11.4. The van der Waals surface area contributed by atoms with E-state index in [0.717, 1.165) is 10.7 Å². The van der Waals surface area contributed by atoms with Crippen LogP contribution in [-0.2, 0) is 11.3 Å². The van der Waals surface area contributed by atoms with E-state index in [1.54, 1.807) is 11.3 Å². The van der Waals surface area contributed by atoms with E-state index < -0.39 is 5.97 Å². The van der Waals surface area contributed by atoms with Crippen LogP contribution in [0.5, 0.6) is 0 Å². The van der Waals surface area contributed by atoms with Crippen molar-refractivity contribution in [2.45, 2.75) is 52.5 Å². The van der Waals surface area contributed by atoms with Crippen molar-refractivity contribution < 1.29 is 9.90 Å². The molecule has 2 N–H and O–H groups in total. The van der Waals surface area contributed by atoms with Crippen molar-refractivity contribution in [1.82, 2.24) is 14.7 Å². The van der Waals surface area contributed by atoms with Gasteiger partial charge in [-0.1, -0.05) is 13.8 Å². The number of rotatable bonds is 8. The van der Waals surface area contributed by atoms with Gasteiger partial charge < -0.3 is 10.4 Å². The fourth-order valence-electron chi connectivity index (χ4n) is 3.12. The fourth-order valence-corrected chi connectivity index (χ4v) is 4.15. The zero-order valence-electron chi connectivity index (χ0n) is 14.0. The Hall–Kier alpha value is -1.40. The molecule has 6 heteroatoms. The van der Waals surface area contributed by atoms with Crippen molar-refractivity contribution in [2.75, 3.05) is 6.54 Å². The Morgan fingerprint density at radius 2 is 2.26 bits per heavy atom. The molecule has 3 rings (SSSR count). The van der Waals surface area contributed by atoms with E-state index in [9.17, 15) is 9.90 Å². The van der Waals surface area contributed by atoms with Crippen molar-refractivity contribution in [3.05, 3.63) is 22.5 Å². The summed E-state index contributed by atoms with van der Waals surface area (Å²) < 4.78 is 2.28. The average molecular weight is 335 g/mol. The Morgan fingerprint density at radius 1 is 1.52 bits per heavy atom. The van der Waals surface area contributed by atoms with E-state index in [4.69, 9.17) is 0 Å². The molecule has 0 spiro atoms. The number of nitrogens with zero attached hydrogens (tertiary/aromatic N) is 2. The molecule has 0 amide bonds. The van der Waals surface area contributed by atoms with E-state index in [0.29, 0.717) is 31.3 Å². The van der Waals surface area contributed by atoms with Crippen LogP contribution < -0.4 is 5.32 Å². The third-order valence-corrected chi connectivity index (χ3v) is 5.31. The number of thiazole rings is 1. The second-order valence-corrected chi connectivity index (χ2v) is 7.83. The zero-order chi connectivity index (χ0) is 16.6. The molecule has 126 valence electrons. The molecule has 0 radical (unpaired) electrons. The minimum Gasteiger partial charge on any atom is -0.481 e. The number of aromatic nitrogens is 2. The van der Waals surface area contributed by atoms with Crippen molar-refractivity contribution in [3.8, 4) is 0 Å². The number of hydrogen-bond donors (Lipinski definition) is 2. The summed E-state index contributed by atoms with van der Waals surface area (Å²) in [5, 5.41) is 14.9. The quantitative estimate of drug-likeness (QED) is 0.776. The Balaban J connectivity index is 1.70. The van der Waals surface area contributed by atoms with Gasteiger partial charge in [0.25, 0.3) is 0 Å². The predicted molar refractivity (Wildman–Crippen MR) is 92.1 cm³/mol. The average Bonchev–Trinajstić information content (AvgIpc) is 3.16. The smallest absolute Gasteiger partial charge is 0.307 e. The van der Waals surface area contributed by atoms with Gasteiger partial charge in [0.2, 0.25) is 0 Å². The van der Waals surface area contributed by atoms with Gasteiger partial charge in [0, 0.05) is 30.1 Å². The maximum atomic E-state index is 11.4. The highest BCUT2D eigenvalue weighted by Crippen LogP contribution is 2.42. The van der Waals surface area contributed by atoms with Crippen LogP contribution in [0.1, 0.15) is 56.1 Å². The Morgan fingerprint density at radius 3 is 2.87 bits per heavy atom. The number of nitrogens with one attached hydrogen (secondary N) is 1. The largest absolute Gasteiger partial charge is 0.481 e. The SMILES string of the molecule is Cc1nc2scc(C3CC3)n2c1CNCC(CC(C)C)C(=O)O. The molecule has 1 atom stereocenters. The molecule has 1 unspecified atom stereocenters. The molecule has 0 bridgehead atoms. The molecule has 5 nitrogen and oxygen atoms in total. The molecular formula is C17H25N3O2S. The van der Waals surface area contributed by atoms with Gasteiger partial charge in [0.15, 0.2) is 4.96 Å². The lowest BCUT2D eigenvalue weighted by Gasteiger charge is -2.15. The van der Waals surface area contributed by atoms with Gasteiger partial charge in [-0.05, 0) is 32.1 Å². The second kappa shape index (κ2) is 6.61. The number of aliphatic carboxylic acids is 1. The first-order valence-electron chi connectivity index (χ1n) is 8.36. The van der Waals surface area contributed by atoms with Gasteiger partial charge in [0.1, 0.15) is 0 Å². The summed E-state index contributed by atoms with van der Waals surface area (Å²) in [4.78, 5) is 17.1.